The van der Waals surface area contributed by atoms with Gasteiger partial charge in [-0.25, -0.2) is 4.98 Å². The van der Waals surface area contributed by atoms with Crippen molar-refractivity contribution in [3.8, 4) is 11.5 Å². The van der Waals surface area contributed by atoms with Crippen molar-refractivity contribution in [2.45, 2.75) is 51.0 Å². The molecule has 1 saturated carbocycles. The zero-order chi connectivity index (χ0) is 22.8. The van der Waals surface area contributed by atoms with E-state index < -0.39 is 5.97 Å². The van der Waals surface area contributed by atoms with Crippen molar-refractivity contribution in [3.63, 3.8) is 0 Å². The highest BCUT2D eigenvalue weighted by Gasteiger charge is 2.29. The number of aromatic nitrogens is 3. The number of aryl methyl sites for hydroxylation is 1. The maximum atomic E-state index is 11.1. The molecule has 0 radical (unpaired) electrons. The number of hydrogen-bond acceptors (Lipinski definition) is 6. The first-order valence-corrected chi connectivity index (χ1v) is 11.4. The van der Waals surface area contributed by atoms with Gasteiger partial charge in [-0.1, -0.05) is 6.07 Å². The van der Waals surface area contributed by atoms with E-state index in [9.17, 15) is 4.79 Å². The van der Waals surface area contributed by atoms with E-state index in [0.717, 1.165) is 67.2 Å². The summed E-state index contributed by atoms with van der Waals surface area (Å²) in [6, 6.07) is 9.84. The van der Waals surface area contributed by atoms with Crippen molar-refractivity contribution in [3.05, 3.63) is 59.5 Å². The van der Waals surface area contributed by atoms with Crippen LogP contribution in [0.3, 0.4) is 0 Å². The zero-order valence-electron chi connectivity index (χ0n) is 18.7. The normalized spacial score (nSPS) is 16.5. The Morgan fingerprint density at radius 1 is 1.21 bits per heavy atom. The van der Waals surface area contributed by atoms with Crippen molar-refractivity contribution in [2.24, 2.45) is 0 Å². The smallest absolute Gasteiger partial charge is 0.307 e. The first-order valence-electron chi connectivity index (χ1n) is 11.4. The molecule has 0 bridgehead atoms. The summed E-state index contributed by atoms with van der Waals surface area (Å²) in [7, 11) is 0. The molecule has 0 unspecified atom stereocenters. The summed E-state index contributed by atoms with van der Waals surface area (Å²) < 4.78 is 13.9. The van der Waals surface area contributed by atoms with Gasteiger partial charge in [0, 0.05) is 37.1 Å². The fraction of sp³-hybridized carbons (Fsp3) is 0.400. The first kappa shape index (κ1) is 21.5. The third-order valence-corrected chi connectivity index (χ3v) is 6.18. The lowest BCUT2D eigenvalue weighted by molar-refractivity contribution is -0.136. The molecule has 2 aliphatic rings. The predicted molar refractivity (Wildman–Crippen MR) is 123 cm³/mol. The Bertz CT molecular complexity index is 1150. The van der Waals surface area contributed by atoms with Gasteiger partial charge in [-0.2, -0.15) is 5.10 Å². The van der Waals surface area contributed by atoms with Gasteiger partial charge in [0.2, 0.25) is 0 Å². The monoisotopic (exact) mass is 448 g/mol. The maximum absolute atomic E-state index is 11.1. The highest BCUT2D eigenvalue weighted by molar-refractivity contribution is 5.72. The van der Waals surface area contributed by atoms with Gasteiger partial charge in [-0.15, -0.1) is 0 Å². The van der Waals surface area contributed by atoms with E-state index in [-0.39, 0.29) is 6.42 Å². The number of nitrogens with zero attached hydrogens (tertiary/aromatic N) is 3. The van der Waals surface area contributed by atoms with Crippen LogP contribution in [0.25, 0.3) is 0 Å². The summed E-state index contributed by atoms with van der Waals surface area (Å²) in [4.78, 5) is 15.5. The number of carboxylic acid groups (broad SMARTS) is 1. The summed E-state index contributed by atoms with van der Waals surface area (Å²) in [6.07, 6.45) is 7.94. The molecule has 172 valence electrons. The van der Waals surface area contributed by atoms with Crippen LogP contribution < -0.4 is 10.1 Å². The van der Waals surface area contributed by atoms with Crippen LogP contribution in [0.1, 0.15) is 54.5 Å². The predicted octanol–water partition coefficient (Wildman–Crippen LogP) is 4.98. The molecule has 0 spiro atoms. The molecule has 3 heterocycles. The molecule has 33 heavy (non-hydrogen) atoms. The number of anilines is 2. The number of aliphatic carboxylic acids is 1. The zero-order valence-corrected chi connectivity index (χ0v) is 18.7. The maximum Gasteiger partial charge on any atom is 0.307 e. The molecular weight excluding hydrogens is 420 g/mol. The number of hydrogen-bond donors (Lipinski definition) is 2. The number of carboxylic acids is 1. The van der Waals surface area contributed by atoms with Gasteiger partial charge in [0.1, 0.15) is 17.3 Å². The Morgan fingerprint density at radius 2 is 2.03 bits per heavy atom. The van der Waals surface area contributed by atoms with Gasteiger partial charge in [0.25, 0.3) is 0 Å². The Labute approximate surface area is 192 Å². The number of pyridine rings is 1. The van der Waals surface area contributed by atoms with Crippen LogP contribution in [0, 0.1) is 6.92 Å². The van der Waals surface area contributed by atoms with E-state index in [1.807, 2.05) is 43.5 Å². The van der Waals surface area contributed by atoms with Crippen LogP contribution in [0.15, 0.2) is 42.7 Å². The lowest BCUT2D eigenvalue weighted by atomic mass is 9.96. The summed E-state index contributed by atoms with van der Waals surface area (Å²) in [5, 5.41) is 17.3. The minimum atomic E-state index is -0.851. The lowest BCUT2D eigenvalue weighted by Gasteiger charge is -2.21. The molecular formula is C25H28N4O4. The van der Waals surface area contributed by atoms with E-state index >= 15 is 0 Å². The molecule has 3 aromatic rings. The molecule has 8 heteroatoms. The third kappa shape index (κ3) is 5.17. The van der Waals surface area contributed by atoms with Crippen molar-refractivity contribution >= 4 is 17.5 Å². The van der Waals surface area contributed by atoms with Crippen LogP contribution in [0.4, 0.5) is 11.5 Å². The van der Waals surface area contributed by atoms with Crippen LogP contribution >= 0.6 is 0 Å². The number of rotatable bonds is 8. The second-order valence-electron chi connectivity index (χ2n) is 8.79. The molecule has 2 aromatic heterocycles. The minimum Gasteiger partial charge on any atom is -0.481 e. The molecule has 1 aliphatic heterocycles. The average molecular weight is 449 g/mol. The summed E-state index contributed by atoms with van der Waals surface area (Å²) in [5.41, 5.74) is 3.51. The standard InChI is InChI=1S/C25H28N4O4/c1-16-2-3-19(12-18(16)13-24(30)31)27-23-14-21(6-9-26-23)33-22-15-29(20-4-5-20)28-25(22)17-7-10-32-11-8-17/h2-3,6,9,12,14-15,17,20H,4-5,7-8,10-11,13H2,1H3,(H,26,27)(H,30,31). The van der Waals surface area contributed by atoms with E-state index in [2.05, 4.69) is 15.0 Å². The van der Waals surface area contributed by atoms with Crippen LogP contribution in [0.5, 0.6) is 11.5 Å². The van der Waals surface area contributed by atoms with E-state index in [1.165, 1.54) is 0 Å². The topological polar surface area (TPSA) is 98.5 Å². The van der Waals surface area contributed by atoms with Crippen LogP contribution in [-0.2, 0) is 16.0 Å². The van der Waals surface area contributed by atoms with Crippen molar-refractivity contribution in [2.75, 3.05) is 18.5 Å². The fourth-order valence-corrected chi connectivity index (χ4v) is 4.17. The molecule has 1 saturated heterocycles. The fourth-order valence-electron chi connectivity index (χ4n) is 4.17. The molecule has 1 aromatic carbocycles. The van der Waals surface area contributed by atoms with E-state index in [0.29, 0.717) is 23.5 Å². The molecule has 2 fully saturated rings. The van der Waals surface area contributed by atoms with Gasteiger partial charge in [-0.3, -0.25) is 9.48 Å². The molecule has 2 N–H and O–H groups in total. The summed E-state index contributed by atoms with van der Waals surface area (Å²) >= 11 is 0. The molecule has 0 atom stereocenters. The third-order valence-electron chi connectivity index (χ3n) is 6.18. The van der Waals surface area contributed by atoms with Crippen molar-refractivity contribution in [1.82, 2.24) is 14.8 Å². The van der Waals surface area contributed by atoms with Gasteiger partial charge >= 0.3 is 5.97 Å². The van der Waals surface area contributed by atoms with Gasteiger partial charge in [0.05, 0.1) is 18.7 Å². The van der Waals surface area contributed by atoms with Gasteiger partial charge in [-0.05, 0) is 61.9 Å². The summed E-state index contributed by atoms with van der Waals surface area (Å²) in [5.74, 6) is 1.59. The van der Waals surface area contributed by atoms with Crippen LogP contribution in [-0.4, -0.2) is 39.1 Å². The Morgan fingerprint density at radius 3 is 2.79 bits per heavy atom. The van der Waals surface area contributed by atoms with Crippen molar-refractivity contribution < 1.29 is 19.4 Å². The quantitative estimate of drug-likeness (QED) is 0.501. The summed E-state index contributed by atoms with van der Waals surface area (Å²) in [6.45, 7) is 3.42. The first-order chi connectivity index (χ1) is 16.0. The van der Waals surface area contributed by atoms with Gasteiger partial charge < -0.3 is 19.9 Å². The number of nitrogens with one attached hydrogen (secondary N) is 1. The second kappa shape index (κ2) is 9.23. The Hall–Kier alpha value is -3.39. The minimum absolute atomic E-state index is 0.0160. The highest BCUT2D eigenvalue weighted by atomic mass is 16.5. The highest BCUT2D eigenvalue weighted by Crippen LogP contribution is 2.40. The Balaban J connectivity index is 1.35. The average Bonchev–Trinajstić information content (AvgIpc) is 3.57. The molecule has 1 aliphatic carbocycles. The van der Waals surface area contributed by atoms with E-state index in [4.69, 9.17) is 19.7 Å². The largest absolute Gasteiger partial charge is 0.481 e. The number of benzene rings is 1. The SMILES string of the molecule is Cc1ccc(Nc2cc(Oc3cn(C4CC4)nc3C3CCOCC3)ccn2)cc1CC(=O)O. The van der Waals surface area contributed by atoms with Crippen LogP contribution in [0.2, 0.25) is 0 Å². The number of carbonyl (C=O) groups is 1. The van der Waals surface area contributed by atoms with E-state index in [1.54, 1.807) is 6.20 Å². The lowest BCUT2D eigenvalue weighted by Crippen LogP contribution is -2.15. The molecule has 5 rings (SSSR count). The Kier molecular flexibility index (Phi) is 6.00. The molecule has 0 amide bonds. The van der Waals surface area contributed by atoms with Gasteiger partial charge in [0.15, 0.2) is 5.75 Å². The van der Waals surface area contributed by atoms with Crippen molar-refractivity contribution in [1.29, 1.82) is 0 Å². The second-order valence-corrected chi connectivity index (χ2v) is 8.79. The molecule has 8 nitrogen and oxygen atoms in total. The number of ether oxygens (including phenoxy) is 2.